The lowest BCUT2D eigenvalue weighted by Gasteiger charge is -2.22. The van der Waals surface area contributed by atoms with Crippen LogP contribution in [-0.4, -0.2) is 12.6 Å². The van der Waals surface area contributed by atoms with Crippen LogP contribution in [0.3, 0.4) is 0 Å². The molecule has 1 aliphatic rings. The van der Waals surface area contributed by atoms with Gasteiger partial charge < -0.3 is 14.5 Å². The summed E-state index contributed by atoms with van der Waals surface area (Å²) in [7, 11) is 0. The van der Waals surface area contributed by atoms with Crippen LogP contribution in [-0.2, 0) is 6.42 Å². The van der Waals surface area contributed by atoms with Crippen molar-refractivity contribution in [2.24, 2.45) is 0 Å². The van der Waals surface area contributed by atoms with Crippen molar-refractivity contribution < 1.29 is 9.15 Å². The number of hydrogen-bond acceptors (Lipinski definition) is 3. The second-order valence-corrected chi connectivity index (χ2v) is 5.43. The average molecular weight is 322 g/mol. The third-order valence-corrected chi connectivity index (χ3v) is 3.79. The van der Waals surface area contributed by atoms with Crippen molar-refractivity contribution in [1.82, 2.24) is 5.32 Å². The van der Waals surface area contributed by atoms with E-state index >= 15 is 0 Å². The fourth-order valence-corrected chi connectivity index (χ4v) is 2.84. The van der Waals surface area contributed by atoms with Crippen LogP contribution in [0.15, 0.2) is 45.5 Å². The van der Waals surface area contributed by atoms with Gasteiger partial charge >= 0.3 is 0 Å². The summed E-state index contributed by atoms with van der Waals surface area (Å²) in [5.41, 5.74) is 1.26. The smallest absolute Gasteiger partial charge is 0.169 e. The Morgan fingerprint density at radius 2 is 2.16 bits per heavy atom. The van der Waals surface area contributed by atoms with E-state index in [4.69, 9.17) is 9.15 Å². The van der Waals surface area contributed by atoms with Crippen molar-refractivity contribution in [2.75, 3.05) is 6.54 Å². The van der Waals surface area contributed by atoms with Gasteiger partial charge in [0.25, 0.3) is 0 Å². The molecule has 0 spiro atoms. The summed E-state index contributed by atoms with van der Waals surface area (Å²) in [5, 5.41) is 3.45. The number of fused-ring (bicyclic) bond motifs is 1. The monoisotopic (exact) mass is 321 g/mol. The fourth-order valence-electron chi connectivity index (χ4n) is 2.53. The Morgan fingerprint density at radius 3 is 2.84 bits per heavy atom. The normalized spacial score (nSPS) is 18.9. The predicted octanol–water partition coefficient (Wildman–Crippen LogP) is 3.70. The fraction of sp³-hybridized carbons (Fsp3) is 0.333. The summed E-state index contributed by atoms with van der Waals surface area (Å²) in [4.78, 5) is 0. The van der Waals surface area contributed by atoms with Gasteiger partial charge in [-0.3, -0.25) is 0 Å². The predicted molar refractivity (Wildman–Crippen MR) is 77.4 cm³/mol. The molecule has 0 amide bonds. The van der Waals surface area contributed by atoms with Gasteiger partial charge in [-0.15, -0.1) is 0 Å². The first-order valence-corrected chi connectivity index (χ1v) is 7.30. The molecular formula is C15H16BrNO2. The SMILES string of the molecule is CCNC(c1ccc(Br)o1)C1Cc2ccccc2O1. The Labute approximate surface area is 121 Å². The molecule has 2 unspecified atom stereocenters. The molecule has 0 saturated heterocycles. The summed E-state index contributed by atoms with van der Waals surface area (Å²) >= 11 is 3.35. The molecule has 3 rings (SSSR count). The van der Waals surface area contributed by atoms with E-state index in [1.165, 1.54) is 5.56 Å². The number of ether oxygens (including phenoxy) is 1. The molecule has 1 aromatic heterocycles. The van der Waals surface area contributed by atoms with E-state index < -0.39 is 0 Å². The topological polar surface area (TPSA) is 34.4 Å². The van der Waals surface area contributed by atoms with E-state index in [1.807, 2.05) is 24.3 Å². The number of benzene rings is 1. The third-order valence-electron chi connectivity index (χ3n) is 3.37. The van der Waals surface area contributed by atoms with Crippen molar-refractivity contribution in [1.29, 1.82) is 0 Å². The maximum absolute atomic E-state index is 6.05. The third kappa shape index (κ3) is 2.55. The minimum atomic E-state index is 0.0729. The number of furan rings is 1. The summed E-state index contributed by atoms with van der Waals surface area (Å²) in [5.74, 6) is 1.90. The Bertz CT molecular complexity index is 542. The standard InChI is InChI=1S/C15H16BrNO2/c1-2-17-15(12-7-8-14(16)19-12)13-9-10-5-3-4-6-11(10)18-13/h3-8,13,15,17H,2,9H2,1H3. The van der Waals surface area contributed by atoms with E-state index in [1.54, 1.807) is 0 Å². The zero-order chi connectivity index (χ0) is 13.2. The van der Waals surface area contributed by atoms with Gasteiger partial charge in [0.15, 0.2) is 4.67 Å². The Kier molecular flexibility index (Phi) is 3.62. The molecule has 19 heavy (non-hydrogen) atoms. The highest BCUT2D eigenvalue weighted by Gasteiger charge is 2.32. The molecule has 2 atom stereocenters. The Hall–Kier alpha value is -1.26. The van der Waals surface area contributed by atoms with Crippen LogP contribution in [0.1, 0.15) is 24.3 Å². The number of nitrogens with one attached hydrogen (secondary N) is 1. The molecule has 0 saturated carbocycles. The van der Waals surface area contributed by atoms with E-state index in [0.29, 0.717) is 0 Å². The van der Waals surface area contributed by atoms with E-state index in [-0.39, 0.29) is 12.1 Å². The lowest BCUT2D eigenvalue weighted by molar-refractivity contribution is 0.164. The molecule has 0 aliphatic carbocycles. The summed E-state index contributed by atoms with van der Waals surface area (Å²) < 4.78 is 12.5. The van der Waals surface area contributed by atoms with Crippen molar-refractivity contribution >= 4 is 15.9 Å². The maximum atomic E-state index is 6.05. The average Bonchev–Trinajstić information content (AvgIpc) is 3.01. The zero-order valence-corrected chi connectivity index (χ0v) is 12.3. The van der Waals surface area contributed by atoms with E-state index in [2.05, 4.69) is 40.3 Å². The van der Waals surface area contributed by atoms with Gasteiger partial charge in [0, 0.05) is 6.42 Å². The van der Waals surface area contributed by atoms with Gasteiger partial charge in [-0.2, -0.15) is 0 Å². The van der Waals surface area contributed by atoms with Gasteiger partial charge in [0.1, 0.15) is 23.7 Å². The van der Waals surface area contributed by atoms with Crippen molar-refractivity contribution in [3.05, 3.63) is 52.4 Å². The highest BCUT2D eigenvalue weighted by molar-refractivity contribution is 9.10. The van der Waals surface area contributed by atoms with Gasteiger partial charge in [0.05, 0.1) is 0 Å². The summed E-state index contributed by atoms with van der Waals surface area (Å²) in [6.45, 7) is 2.96. The van der Waals surface area contributed by atoms with Crippen LogP contribution in [0, 0.1) is 0 Å². The second-order valence-electron chi connectivity index (χ2n) is 4.65. The number of halogens is 1. The van der Waals surface area contributed by atoms with Gasteiger partial charge in [-0.25, -0.2) is 0 Å². The minimum Gasteiger partial charge on any atom is -0.488 e. The quantitative estimate of drug-likeness (QED) is 0.932. The second kappa shape index (κ2) is 5.39. The Morgan fingerprint density at radius 1 is 1.32 bits per heavy atom. The van der Waals surface area contributed by atoms with Crippen molar-refractivity contribution in [2.45, 2.75) is 25.5 Å². The molecular weight excluding hydrogens is 306 g/mol. The summed E-state index contributed by atoms with van der Waals surface area (Å²) in [6, 6.07) is 12.2. The lowest BCUT2D eigenvalue weighted by atomic mass is 10.0. The molecule has 1 aliphatic heterocycles. The van der Waals surface area contributed by atoms with Gasteiger partial charge in [0.2, 0.25) is 0 Å². The van der Waals surface area contributed by atoms with Gasteiger partial charge in [-0.05, 0) is 46.2 Å². The largest absolute Gasteiger partial charge is 0.488 e. The molecule has 0 fully saturated rings. The Balaban J connectivity index is 1.83. The highest BCUT2D eigenvalue weighted by atomic mass is 79.9. The molecule has 4 heteroatoms. The molecule has 0 bridgehead atoms. The first-order valence-electron chi connectivity index (χ1n) is 6.51. The molecule has 100 valence electrons. The van der Waals surface area contributed by atoms with Crippen LogP contribution in [0.4, 0.5) is 0 Å². The maximum Gasteiger partial charge on any atom is 0.169 e. The number of para-hydroxylation sites is 1. The van der Waals surface area contributed by atoms with E-state index in [0.717, 1.165) is 29.1 Å². The molecule has 1 N–H and O–H groups in total. The lowest BCUT2D eigenvalue weighted by Crippen LogP contribution is -2.34. The number of likely N-dealkylation sites (N-methyl/N-ethyl adjacent to an activating group) is 1. The zero-order valence-electron chi connectivity index (χ0n) is 10.7. The van der Waals surface area contributed by atoms with Crippen LogP contribution in [0.25, 0.3) is 0 Å². The summed E-state index contributed by atoms with van der Waals surface area (Å²) in [6.07, 6.45) is 0.988. The van der Waals surface area contributed by atoms with Crippen LogP contribution in [0.5, 0.6) is 5.75 Å². The molecule has 3 nitrogen and oxygen atoms in total. The van der Waals surface area contributed by atoms with Crippen LogP contribution in [0.2, 0.25) is 0 Å². The first-order chi connectivity index (χ1) is 9.28. The van der Waals surface area contributed by atoms with Crippen molar-refractivity contribution in [3.8, 4) is 5.75 Å². The van der Waals surface area contributed by atoms with Crippen LogP contribution >= 0.6 is 15.9 Å². The molecule has 0 radical (unpaired) electrons. The highest BCUT2D eigenvalue weighted by Crippen LogP contribution is 2.35. The first kappa shape index (κ1) is 12.8. The van der Waals surface area contributed by atoms with Crippen LogP contribution < -0.4 is 10.1 Å². The molecule has 1 aromatic carbocycles. The minimum absolute atomic E-state index is 0.0729. The van der Waals surface area contributed by atoms with E-state index in [9.17, 15) is 0 Å². The number of rotatable bonds is 4. The van der Waals surface area contributed by atoms with Gasteiger partial charge in [-0.1, -0.05) is 25.1 Å². The van der Waals surface area contributed by atoms with Crippen molar-refractivity contribution in [3.63, 3.8) is 0 Å². The molecule has 2 heterocycles. The molecule has 2 aromatic rings. The number of hydrogen-bond donors (Lipinski definition) is 1.